The van der Waals surface area contributed by atoms with E-state index >= 15 is 0 Å². The lowest BCUT2D eigenvalue weighted by Crippen LogP contribution is -2.45. The highest BCUT2D eigenvalue weighted by atomic mass is 16.7. The van der Waals surface area contributed by atoms with E-state index in [1.807, 2.05) is 38.1 Å². The molecule has 1 aliphatic rings. The van der Waals surface area contributed by atoms with Crippen LogP contribution < -0.4 is 0 Å². The quantitative estimate of drug-likeness (QED) is 0.219. The molecule has 0 amide bonds. The topological polar surface area (TPSA) is 71.1 Å². The number of rotatable bonds is 10. The summed E-state index contributed by atoms with van der Waals surface area (Å²) in [6, 6.07) is 14.0. The first kappa shape index (κ1) is 25.2. The molecule has 6 nitrogen and oxygen atoms in total. The van der Waals surface area contributed by atoms with Gasteiger partial charge in [-0.1, -0.05) is 47.4 Å². The molecule has 0 spiro atoms. The van der Waals surface area contributed by atoms with Crippen LogP contribution in [0.5, 0.6) is 0 Å². The van der Waals surface area contributed by atoms with E-state index in [0.717, 1.165) is 24.0 Å². The number of hydrogen-bond acceptors (Lipinski definition) is 6. The molecule has 6 heteroatoms. The molecule has 0 N–H and O–H groups in total. The Morgan fingerprint density at radius 2 is 1.68 bits per heavy atom. The summed E-state index contributed by atoms with van der Waals surface area (Å²) in [6.07, 6.45) is 7.88. The van der Waals surface area contributed by atoms with E-state index in [-0.39, 0.29) is 13.0 Å². The Bertz CT molecular complexity index is 1030. The minimum atomic E-state index is -1.47. The molecular formula is C28H30O6. The minimum Gasteiger partial charge on any atom is -0.458 e. The Hall–Kier alpha value is -3.40. The molecular weight excluding hydrogens is 432 g/mol. The third-order valence-corrected chi connectivity index (χ3v) is 5.61. The van der Waals surface area contributed by atoms with Gasteiger partial charge in [-0.15, -0.1) is 13.0 Å². The number of carbonyl (C=O) groups excluding carboxylic acids is 2. The van der Waals surface area contributed by atoms with E-state index in [9.17, 15) is 9.59 Å². The molecule has 1 heterocycles. The lowest BCUT2D eigenvalue weighted by molar-refractivity contribution is -0.168. The fourth-order valence-corrected chi connectivity index (χ4v) is 3.54. The van der Waals surface area contributed by atoms with Crippen LogP contribution in [0.3, 0.4) is 0 Å². The first-order valence-corrected chi connectivity index (χ1v) is 11.3. The van der Waals surface area contributed by atoms with E-state index in [1.54, 1.807) is 30.3 Å². The average Bonchev–Trinajstić information content (AvgIpc) is 3.18. The monoisotopic (exact) mass is 462 g/mol. The third kappa shape index (κ3) is 6.34. The van der Waals surface area contributed by atoms with E-state index in [4.69, 9.17) is 25.4 Å². The van der Waals surface area contributed by atoms with Gasteiger partial charge in [0.05, 0.1) is 17.7 Å². The van der Waals surface area contributed by atoms with Gasteiger partial charge in [0.2, 0.25) is 5.60 Å². The molecule has 0 bridgehead atoms. The van der Waals surface area contributed by atoms with Crippen LogP contribution in [-0.4, -0.2) is 43.1 Å². The van der Waals surface area contributed by atoms with Crippen molar-refractivity contribution in [3.8, 4) is 12.3 Å². The zero-order chi connectivity index (χ0) is 24.6. The predicted molar refractivity (Wildman–Crippen MR) is 128 cm³/mol. The van der Waals surface area contributed by atoms with Crippen LogP contribution in [0.1, 0.15) is 51.1 Å². The molecule has 1 fully saturated rings. The van der Waals surface area contributed by atoms with Crippen LogP contribution in [-0.2, 0) is 18.9 Å². The van der Waals surface area contributed by atoms with Crippen molar-refractivity contribution >= 4 is 11.9 Å². The van der Waals surface area contributed by atoms with Crippen molar-refractivity contribution in [3.05, 3.63) is 83.4 Å². The summed E-state index contributed by atoms with van der Waals surface area (Å²) < 4.78 is 23.1. The molecule has 1 unspecified atom stereocenters. The Labute approximate surface area is 200 Å². The number of terminal acetylenes is 1. The summed E-state index contributed by atoms with van der Waals surface area (Å²) in [6.45, 7) is 7.70. The molecule has 2 aromatic rings. The van der Waals surface area contributed by atoms with E-state index in [1.165, 1.54) is 0 Å². The third-order valence-electron chi connectivity index (χ3n) is 5.61. The van der Waals surface area contributed by atoms with Gasteiger partial charge < -0.3 is 18.9 Å². The molecule has 2 aromatic carbocycles. The second-order valence-corrected chi connectivity index (χ2v) is 8.32. The number of carbonyl (C=O) groups is 2. The maximum Gasteiger partial charge on any atom is 0.338 e. The highest BCUT2D eigenvalue weighted by Gasteiger charge is 2.52. The summed E-state index contributed by atoms with van der Waals surface area (Å²) in [5, 5.41) is 0. The first-order valence-electron chi connectivity index (χ1n) is 11.3. The van der Waals surface area contributed by atoms with Crippen LogP contribution in [0.2, 0.25) is 0 Å². The minimum absolute atomic E-state index is 0.220. The van der Waals surface area contributed by atoms with Gasteiger partial charge in [0.25, 0.3) is 0 Å². The van der Waals surface area contributed by atoms with Gasteiger partial charge in [-0.3, -0.25) is 0 Å². The van der Waals surface area contributed by atoms with Crippen LogP contribution in [0.25, 0.3) is 0 Å². The first-order chi connectivity index (χ1) is 16.4. The molecule has 3 rings (SSSR count). The van der Waals surface area contributed by atoms with Gasteiger partial charge in [-0.25, -0.2) is 9.59 Å². The fraction of sp³-hybridized carbons (Fsp3) is 0.357. The Morgan fingerprint density at radius 1 is 1.09 bits per heavy atom. The molecule has 3 atom stereocenters. The van der Waals surface area contributed by atoms with E-state index in [2.05, 4.69) is 12.5 Å². The van der Waals surface area contributed by atoms with Crippen LogP contribution >= 0.6 is 0 Å². The zero-order valence-corrected chi connectivity index (χ0v) is 19.6. The molecule has 0 aromatic heterocycles. The zero-order valence-electron chi connectivity index (χ0n) is 19.6. The van der Waals surface area contributed by atoms with Crippen molar-refractivity contribution in [1.29, 1.82) is 0 Å². The summed E-state index contributed by atoms with van der Waals surface area (Å²) >= 11 is 0. The molecule has 0 aliphatic carbocycles. The van der Waals surface area contributed by atoms with Gasteiger partial charge in [-0.2, -0.15) is 0 Å². The Balaban J connectivity index is 1.74. The SMILES string of the molecule is C#C[C@]1(COC(=O)c2ccc(C)cc2)OC(OCCCC=C)C[C@@H]1OC(=O)c1ccc(C)cc1. The molecule has 0 saturated carbocycles. The van der Waals surface area contributed by atoms with Crippen LogP contribution in [0.4, 0.5) is 0 Å². The van der Waals surface area contributed by atoms with Gasteiger partial charge in [-0.05, 0) is 51.0 Å². The number of allylic oxidation sites excluding steroid dienone is 1. The lowest BCUT2D eigenvalue weighted by Gasteiger charge is -2.28. The maximum atomic E-state index is 12.8. The molecule has 178 valence electrons. The van der Waals surface area contributed by atoms with Crippen molar-refractivity contribution in [2.75, 3.05) is 13.2 Å². The lowest BCUT2D eigenvalue weighted by atomic mass is 9.98. The molecule has 1 aliphatic heterocycles. The van der Waals surface area contributed by atoms with Gasteiger partial charge >= 0.3 is 11.9 Å². The Morgan fingerprint density at radius 3 is 2.24 bits per heavy atom. The standard InChI is InChI=1S/C28H30O6/c1-5-7-8-17-31-25-18-24(33-27(30)23-15-11-21(4)12-16-23)28(6-2,34-25)19-32-26(29)22-13-9-20(3)10-14-22/h2,5,9-16,24-25H,1,7-8,17-19H2,3-4H3/t24-,25?,28+/m0/s1. The van der Waals surface area contributed by atoms with Gasteiger partial charge in [0, 0.05) is 6.42 Å². The number of ether oxygens (including phenoxy) is 4. The summed E-state index contributed by atoms with van der Waals surface area (Å²) in [7, 11) is 0. The average molecular weight is 463 g/mol. The van der Waals surface area contributed by atoms with Gasteiger partial charge in [0.1, 0.15) is 6.61 Å². The van der Waals surface area contributed by atoms with Crippen molar-refractivity contribution in [1.82, 2.24) is 0 Å². The maximum absolute atomic E-state index is 12.8. The van der Waals surface area contributed by atoms with Crippen molar-refractivity contribution in [2.45, 2.75) is 51.1 Å². The smallest absolute Gasteiger partial charge is 0.338 e. The normalized spacial score (nSPS) is 21.4. The van der Waals surface area contributed by atoms with Crippen LogP contribution in [0.15, 0.2) is 61.2 Å². The van der Waals surface area contributed by atoms with Gasteiger partial charge in [0.15, 0.2) is 12.4 Å². The Kier molecular flexibility index (Phi) is 8.64. The number of benzene rings is 2. The van der Waals surface area contributed by atoms with Crippen molar-refractivity contribution in [2.24, 2.45) is 0 Å². The second kappa shape index (κ2) is 11.6. The number of esters is 2. The second-order valence-electron chi connectivity index (χ2n) is 8.32. The van der Waals surface area contributed by atoms with E-state index in [0.29, 0.717) is 17.7 Å². The molecule has 0 radical (unpaired) electrons. The molecule has 1 saturated heterocycles. The van der Waals surface area contributed by atoms with Crippen molar-refractivity contribution in [3.63, 3.8) is 0 Å². The summed E-state index contributed by atoms with van der Waals surface area (Å²) in [5.74, 6) is 1.49. The highest BCUT2D eigenvalue weighted by Crippen LogP contribution is 2.35. The molecule has 34 heavy (non-hydrogen) atoms. The highest BCUT2D eigenvalue weighted by molar-refractivity contribution is 5.90. The fourth-order valence-electron chi connectivity index (χ4n) is 3.54. The predicted octanol–water partition coefficient (Wildman–Crippen LogP) is 4.79. The largest absolute Gasteiger partial charge is 0.458 e. The number of aryl methyl sites for hydroxylation is 2. The number of hydrogen-bond donors (Lipinski definition) is 0. The number of unbranched alkanes of at least 4 members (excludes halogenated alkanes) is 1. The van der Waals surface area contributed by atoms with Crippen molar-refractivity contribution < 1.29 is 28.5 Å². The summed E-state index contributed by atoms with van der Waals surface area (Å²) in [5.41, 5.74) is 1.36. The van der Waals surface area contributed by atoms with E-state index < -0.39 is 29.9 Å². The summed E-state index contributed by atoms with van der Waals surface area (Å²) in [4.78, 5) is 25.4. The van der Waals surface area contributed by atoms with Crippen LogP contribution in [0, 0.1) is 26.2 Å².